The number of hydrogen-bond acceptors (Lipinski definition) is 2. The fourth-order valence-electron chi connectivity index (χ4n) is 2.88. The van der Waals surface area contributed by atoms with Crippen LogP contribution in [0.25, 0.3) is 0 Å². The summed E-state index contributed by atoms with van der Waals surface area (Å²) in [6.07, 6.45) is 2.41. The van der Waals surface area contributed by atoms with Crippen LogP contribution in [0, 0.1) is 0 Å². The SMILES string of the molecule is C[C@H](NC(=S)N1CCC[C@H]1c1cccs1)c1ccccc1. The van der Waals surface area contributed by atoms with Gasteiger partial charge in [0.1, 0.15) is 0 Å². The van der Waals surface area contributed by atoms with Gasteiger partial charge in [-0.1, -0.05) is 36.4 Å². The molecule has 1 fully saturated rings. The number of thiophene rings is 1. The molecule has 0 unspecified atom stereocenters. The molecule has 1 N–H and O–H groups in total. The monoisotopic (exact) mass is 316 g/mol. The van der Waals surface area contributed by atoms with Crippen molar-refractivity contribution in [3.05, 3.63) is 58.3 Å². The number of benzene rings is 1. The largest absolute Gasteiger partial charge is 0.356 e. The Labute approximate surface area is 135 Å². The van der Waals surface area contributed by atoms with Crippen molar-refractivity contribution in [3.63, 3.8) is 0 Å². The molecule has 3 rings (SSSR count). The highest BCUT2D eigenvalue weighted by molar-refractivity contribution is 7.80. The van der Waals surface area contributed by atoms with Gasteiger partial charge in [-0.25, -0.2) is 0 Å². The van der Waals surface area contributed by atoms with Crippen molar-refractivity contribution >= 4 is 28.7 Å². The van der Waals surface area contributed by atoms with Crippen LogP contribution in [0.3, 0.4) is 0 Å². The Morgan fingerprint density at radius 2 is 2.10 bits per heavy atom. The lowest BCUT2D eigenvalue weighted by Crippen LogP contribution is -2.40. The highest BCUT2D eigenvalue weighted by Crippen LogP contribution is 2.34. The third-order valence-corrected chi connectivity index (χ3v) is 5.35. The third kappa shape index (κ3) is 3.27. The van der Waals surface area contributed by atoms with Crippen LogP contribution in [0.4, 0.5) is 0 Å². The highest BCUT2D eigenvalue weighted by Gasteiger charge is 2.29. The number of nitrogens with zero attached hydrogens (tertiary/aromatic N) is 1. The van der Waals surface area contributed by atoms with Gasteiger partial charge in [0.2, 0.25) is 0 Å². The van der Waals surface area contributed by atoms with E-state index in [9.17, 15) is 0 Å². The van der Waals surface area contributed by atoms with Crippen LogP contribution in [-0.4, -0.2) is 16.6 Å². The van der Waals surface area contributed by atoms with E-state index in [0.29, 0.717) is 6.04 Å². The molecule has 0 radical (unpaired) electrons. The molecular weight excluding hydrogens is 296 g/mol. The first-order valence-corrected chi connectivity index (χ1v) is 8.70. The zero-order chi connectivity index (χ0) is 14.7. The molecule has 2 nitrogen and oxygen atoms in total. The van der Waals surface area contributed by atoms with Crippen molar-refractivity contribution in [2.24, 2.45) is 0 Å². The normalized spacial score (nSPS) is 19.5. The summed E-state index contributed by atoms with van der Waals surface area (Å²) in [5.74, 6) is 0. The maximum atomic E-state index is 5.66. The number of likely N-dealkylation sites (tertiary alicyclic amines) is 1. The van der Waals surface area contributed by atoms with Crippen molar-refractivity contribution in [2.45, 2.75) is 31.8 Å². The van der Waals surface area contributed by atoms with Gasteiger partial charge in [-0.05, 0) is 49.0 Å². The summed E-state index contributed by atoms with van der Waals surface area (Å²) in [7, 11) is 0. The molecule has 2 aromatic rings. The average Bonchev–Trinajstić information content (AvgIpc) is 3.18. The molecule has 1 aliphatic heterocycles. The van der Waals surface area contributed by atoms with E-state index in [1.165, 1.54) is 23.3 Å². The topological polar surface area (TPSA) is 15.3 Å². The van der Waals surface area contributed by atoms with Gasteiger partial charge in [0.15, 0.2) is 5.11 Å². The summed E-state index contributed by atoms with van der Waals surface area (Å²) in [5.41, 5.74) is 1.27. The van der Waals surface area contributed by atoms with Crippen LogP contribution < -0.4 is 5.32 Å². The molecule has 0 amide bonds. The molecule has 110 valence electrons. The Bertz CT molecular complexity index is 580. The first-order chi connectivity index (χ1) is 10.3. The fourth-order valence-corrected chi connectivity index (χ4v) is 4.15. The first-order valence-electron chi connectivity index (χ1n) is 7.41. The summed E-state index contributed by atoms with van der Waals surface area (Å²) in [5, 5.41) is 6.52. The third-order valence-electron chi connectivity index (χ3n) is 4.02. The predicted octanol–water partition coefficient (Wildman–Crippen LogP) is 4.52. The molecular formula is C17H20N2S2. The summed E-state index contributed by atoms with van der Waals surface area (Å²) in [4.78, 5) is 3.77. The molecule has 0 bridgehead atoms. The molecule has 2 atom stereocenters. The van der Waals surface area contributed by atoms with Gasteiger partial charge in [-0.15, -0.1) is 11.3 Å². The van der Waals surface area contributed by atoms with Crippen LogP contribution in [0.15, 0.2) is 47.8 Å². The second kappa shape index (κ2) is 6.58. The van der Waals surface area contributed by atoms with E-state index in [4.69, 9.17) is 12.2 Å². The lowest BCUT2D eigenvalue weighted by molar-refractivity contribution is 0.393. The van der Waals surface area contributed by atoms with E-state index < -0.39 is 0 Å². The fraction of sp³-hybridized carbons (Fsp3) is 0.353. The van der Waals surface area contributed by atoms with Gasteiger partial charge in [0.25, 0.3) is 0 Å². The average molecular weight is 316 g/mol. The molecule has 1 saturated heterocycles. The molecule has 0 saturated carbocycles. The van der Waals surface area contributed by atoms with Gasteiger partial charge in [-0.3, -0.25) is 0 Å². The highest BCUT2D eigenvalue weighted by atomic mass is 32.1. The van der Waals surface area contributed by atoms with E-state index in [-0.39, 0.29) is 6.04 Å². The van der Waals surface area contributed by atoms with Crippen LogP contribution >= 0.6 is 23.6 Å². The minimum absolute atomic E-state index is 0.239. The molecule has 1 aliphatic rings. The van der Waals surface area contributed by atoms with Gasteiger partial charge in [-0.2, -0.15) is 0 Å². The maximum Gasteiger partial charge on any atom is 0.169 e. The second-order valence-electron chi connectivity index (χ2n) is 5.45. The Hall–Kier alpha value is -1.39. The van der Waals surface area contributed by atoms with Crippen molar-refractivity contribution in [1.29, 1.82) is 0 Å². The van der Waals surface area contributed by atoms with Crippen molar-refractivity contribution in [1.82, 2.24) is 10.2 Å². The summed E-state index contributed by atoms with van der Waals surface area (Å²) >= 11 is 7.49. The Morgan fingerprint density at radius 3 is 2.81 bits per heavy atom. The van der Waals surface area contributed by atoms with Gasteiger partial charge >= 0.3 is 0 Å². The van der Waals surface area contributed by atoms with E-state index in [1.54, 1.807) is 0 Å². The summed E-state index contributed by atoms with van der Waals surface area (Å²) in [6.45, 7) is 3.22. The number of hydrogen-bond donors (Lipinski definition) is 1. The van der Waals surface area contributed by atoms with Gasteiger partial charge in [0, 0.05) is 11.4 Å². The van der Waals surface area contributed by atoms with E-state index in [0.717, 1.165) is 11.7 Å². The molecule has 21 heavy (non-hydrogen) atoms. The first kappa shape index (κ1) is 14.5. The van der Waals surface area contributed by atoms with Crippen molar-refractivity contribution < 1.29 is 0 Å². The van der Waals surface area contributed by atoms with Crippen LogP contribution in [-0.2, 0) is 0 Å². The zero-order valence-electron chi connectivity index (χ0n) is 12.2. The van der Waals surface area contributed by atoms with Gasteiger partial charge < -0.3 is 10.2 Å². The molecule has 0 spiro atoms. The van der Waals surface area contributed by atoms with E-state index >= 15 is 0 Å². The molecule has 0 aliphatic carbocycles. The quantitative estimate of drug-likeness (QED) is 0.838. The van der Waals surface area contributed by atoms with E-state index in [2.05, 4.69) is 58.9 Å². The Balaban J connectivity index is 1.67. The van der Waals surface area contributed by atoms with Crippen molar-refractivity contribution in [2.75, 3.05) is 6.54 Å². The lowest BCUT2D eigenvalue weighted by atomic mass is 10.1. The molecule has 1 aromatic carbocycles. The second-order valence-corrected chi connectivity index (χ2v) is 6.81. The minimum Gasteiger partial charge on any atom is -0.356 e. The molecule has 2 heterocycles. The van der Waals surface area contributed by atoms with E-state index in [1.807, 2.05) is 17.4 Å². The van der Waals surface area contributed by atoms with Crippen molar-refractivity contribution in [3.8, 4) is 0 Å². The Kier molecular flexibility index (Phi) is 4.56. The zero-order valence-corrected chi connectivity index (χ0v) is 13.8. The number of rotatable bonds is 3. The minimum atomic E-state index is 0.239. The smallest absolute Gasteiger partial charge is 0.169 e. The molecule has 4 heteroatoms. The van der Waals surface area contributed by atoms with Crippen LogP contribution in [0.5, 0.6) is 0 Å². The number of nitrogens with one attached hydrogen (secondary N) is 1. The van der Waals surface area contributed by atoms with Crippen LogP contribution in [0.2, 0.25) is 0 Å². The van der Waals surface area contributed by atoms with Crippen LogP contribution in [0.1, 0.15) is 42.3 Å². The van der Waals surface area contributed by atoms with Gasteiger partial charge in [0.05, 0.1) is 12.1 Å². The summed E-state index contributed by atoms with van der Waals surface area (Å²) < 4.78 is 0. The number of thiocarbonyl (C=S) groups is 1. The summed E-state index contributed by atoms with van der Waals surface area (Å²) in [6, 6.07) is 15.5. The molecule has 1 aromatic heterocycles. The predicted molar refractivity (Wildman–Crippen MR) is 93.6 cm³/mol. The lowest BCUT2D eigenvalue weighted by Gasteiger charge is -2.29. The standard InChI is InChI=1S/C17H20N2S2/c1-13(14-7-3-2-4-8-14)18-17(20)19-11-5-9-15(19)16-10-6-12-21-16/h2-4,6-8,10,12-13,15H,5,9,11H2,1H3,(H,18,20)/t13-,15-/m0/s1. The maximum absolute atomic E-state index is 5.66. The Morgan fingerprint density at radius 1 is 1.29 bits per heavy atom.